The van der Waals surface area contributed by atoms with Gasteiger partial charge in [0.25, 0.3) is 0 Å². The predicted molar refractivity (Wildman–Crippen MR) is 171 cm³/mol. The Hall–Kier alpha value is -0.0800. The van der Waals surface area contributed by atoms with Crippen molar-refractivity contribution in [3.8, 4) is 0 Å². The molecule has 0 saturated heterocycles. The van der Waals surface area contributed by atoms with Gasteiger partial charge in [-0.3, -0.25) is 0 Å². The minimum Gasteiger partial charge on any atom is -0.394 e. The Kier molecular flexibility index (Phi) is 34.9. The molecular weight excluding hydrogens is 464 g/mol. The number of ether oxygens (including phenoxy) is 1. The van der Waals surface area contributed by atoms with Gasteiger partial charge in [0.1, 0.15) is 0 Å². The summed E-state index contributed by atoms with van der Waals surface area (Å²) in [6, 6.07) is 0. The highest BCUT2D eigenvalue weighted by atomic mass is 16.5. The van der Waals surface area contributed by atoms with Gasteiger partial charge in [0.2, 0.25) is 0 Å². The summed E-state index contributed by atoms with van der Waals surface area (Å²) in [4.78, 5) is 0. The van der Waals surface area contributed by atoms with Gasteiger partial charge in [-0.25, -0.2) is 0 Å². The molecule has 0 aliphatic heterocycles. The van der Waals surface area contributed by atoms with Crippen LogP contribution in [0.2, 0.25) is 0 Å². The summed E-state index contributed by atoms with van der Waals surface area (Å²) in [5, 5.41) is 8.67. The molecule has 0 rings (SSSR count). The Bertz CT molecular complexity index is 397. The van der Waals surface area contributed by atoms with Crippen molar-refractivity contribution in [1.29, 1.82) is 0 Å². The fraction of sp³-hybridized carbons (Fsp3) is 1.00. The van der Waals surface area contributed by atoms with E-state index >= 15 is 0 Å². The van der Waals surface area contributed by atoms with Crippen LogP contribution in [0.5, 0.6) is 0 Å². The molecule has 0 aliphatic rings. The summed E-state index contributed by atoms with van der Waals surface area (Å²) < 4.78 is 5.30. The molecule has 0 saturated carbocycles. The normalized spacial score (nSPS) is 12.4. The third-order valence-electron chi connectivity index (χ3n) is 8.52. The van der Waals surface area contributed by atoms with Gasteiger partial charge in [-0.1, -0.05) is 200 Å². The lowest BCUT2D eigenvalue weighted by Crippen LogP contribution is -2.00. The smallest absolute Gasteiger partial charge is 0.0697 e. The molecule has 0 spiro atoms. The molecule has 0 amide bonds. The molecule has 0 fully saturated rings. The van der Waals surface area contributed by atoms with Crippen LogP contribution >= 0.6 is 0 Å². The van der Waals surface area contributed by atoms with E-state index in [0.29, 0.717) is 6.61 Å². The summed E-state index contributed by atoms with van der Waals surface area (Å²) in [5.41, 5.74) is 0. The number of aliphatic hydroxyl groups excluding tert-OH is 1. The van der Waals surface area contributed by atoms with E-state index in [1.54, 1.807) is 0 Å². The van der Waals surface area contributed by atoms with E-state index in [2.05, 4.69) is 13.8 Å². The maximum absolute atomic E-state index is 8.67. The van der Waals surface area contributed by atoms with E-state index in [-0.39, 0.29) is 6.61 Å². The van der Waals surface area contributed by atoms with Gasteiger partial charge in [-0.15, -0.1) is 0 Å². The number of hydrogen-bond donors (Lipinski definition) is 1. The minimum atomic E-state index is 0.152. The number of aliphatic hydroxyl groups is 1. The zero-order chi connectivity index (χ0) is 27.6. The summed E-state index contributed by atoms with van der Waals surface area (Å²) in [5.74, 6) is 0.951. The Labute approximate surface area is 241 Å². The van der Waals surface area contributed by atoms with Crippen molar-refractivity contribution in [1.82, 2.24) is 0 Å². The number of hydrogen-bond acceptors (Lipinski definition) is 2. The van der Waals surface area contributed by atoms with Crippen LogP contribution in [0, 0.1) is 5.92 Å². The van der Waals surface area contributed by atoms with Gasteiger partial charge in [-0.2, -0.15) is 0 Å². The van der Waals surface area contributed by atoms with E-state index in [1.165, 1.54) is 186 Å². The molecule has 1 unspecified atom stereocenters. The van der Waals surface area contributed by atoms with Gasteiger partial charge in [0.05, 0.1) is 13.2 Å². The lowest BCUT2D eigenvalue weighted by Gasteiger charge is -2.11. The zero-order valence-electron chi connectivity index (χ0n) is 26.8. The monoisotopic (exact) mass is 539 g/mol. The largest absolute Gasteiger partial charge is 0.394 e. The molecule has 0 aromatic rings. The molecule has 38 heavy (non-hydrogen) atoms. The van der Waals surface area contributed by atoms with Crippen molar-refractivity contribution in [3.05, 3.63) is 0 Å². The quantitative estimate of drug-likeness (QED) is 0.0825. The van der Waals surface area contributed by atoms with Gasteiger partial charge < -0.3 is 9.84 Å². The van der Waals surface area contributed by atoms with Crippen LogP contribution in [0.25, 0.3) is 0 Å². The predicted octanol–water partition coefficient (Wildman–Crippen LogP) is 12.4. The number of rotatable bonds is 34. The molecule has 0 aromatic carbocycles. The van der Waals surface area contributed by atoms with E-state index in [0.717, 1.165) is 18.9 Å². The Balaban J connectivity index is 3.13. The maximum Gasteiger partial charge on any atom is 0.0697 e. The third kappa shape index (κ3) is 33.9. The molecule has 1 N–H and O–H groups in total. The Morgan fingerprint density at radius 3 is 1.00 bits per heavy atom. The molecule has 0 heterocycles. The first kappa shape index (κ1) is 37.9. The first-order valence-corrected chi connectivity index (χ1v) is 18.0. The fourth-order valence-electron chi connectivity index (χ4n) is 5.82. The second-order valence-electron chi connectivity index (χ2n) is 12.6. The van der Waals surface area contributed by atoms with E-state index in [9.17, 15) is 0 Å². The van der Waals surface area contributed by atoms with Gasteiger partial charge in [-0.05, 0) is 12.3 Å². The highest BCUT2D eigenvalue weighted by molar-refractivity contribution is 4.56. The van der Waals surface area contributed by atoms with Crippen molar-refractivity contribution in [2.24, 2.45) is 5.92 Å². The highest BCUT2D eigenvalue weighted by Crippen LogP contribution is 2.19. The molecule has 0 radical (unpaired) electrons. The highest BCUT2D eigenvalue weighted by Gasteiger charge is 2.02. The molecule has 2 heteroatoms. The zero-order valence-corrected chi connectivity index (χ0v) is 26.8. The lowest BCUT2D eigenvalue weighted by atomic mass is 9.95. The van der Waals surface area contributed by atoms with Crippen molar-refractivity contribution in [2.75, 3.05) is 19.8 Å². The second-order valence-corrected chi connectivity index (χ2v) is 12.6. The van der Waals surface area contributed by atoms with Crippen molar-refractivity contribution in [2.45, 2.75) is 206 Å². The van der Waals surface area contributed by atoms with Crippen LogP contribution in [0.3, 0.4) is 0 Å². The Morgan fingerprint density at radius 2 is 0.684 bits per heavy atom. The standard InChI is InChI=1S/C36H74O2/c1-3-4-5-6-7-8-9-10-13-16-19-22-25-28-31-36(2)32-29-26-23-20-17-14-11-12-15-18-21-24-27-30-34-38-35-33-37/h36-37H,3-35H2,1-2H3. The van der Waals surface area contributed by atoms with Gasteiger partial charge in [0, 0.05) is 6.61 Å². The Morgan fingerprint density at radius 1 is 0.395 bits per heavy atom. The number of unbranched alkanes of at least 4 members (excludes halogenated alkanes) is 26. The van der Waals surface area contributed by atoms with Crippen LogP contribution in [0.4, 0.5) is 0 Å². The first-order valence-electron chi connectivity index (χ1n) is 18.0. The summed E-state index contributed by atoms with van der Waals surface area (Å²) in [6.07, 6.45) is 43.1. The average molecular weight is 539 g/mol. The molecule has 1 atom stereocenters. The summed E-state index contributed by atoms with van der Waals surface area (Å²) in [7, 11) is 0. The van der Waals surface area contributed by atoms with Gasteiger partial charge >= 0.3 is 0 Å². The third-order valence-corrected chi connectivity index (χ3v) is 8.52. The molecule has 2 nitrogen and oxygen atoms in total. The second kappa shape index (κ2) is 34.9. The SMILES string of the molecule is CCCCCCCCCCCCCCCCC(C)CCCCCCCCCCCCCCCCOCCO. The van der Waals surface area contributed by atoms with Crippen LogP contribution in [-0.2, 0) is 4.74 Å². The maximum atomic E-state index is 8.67. The molecule has 230 valence electrons. The topological polar surface area (TPSA) is 29.5 Å². The minimum absolute atomic E-state index is 0.152. The van der Waals surface area contributed by atoms with E-state index < -0.39 is 0 Å². The van der Waals surface area contributed by atoms with E-state index in [1.807, 2.05) is 0 Å². The van der Waals surface area contributed by atoms with Crippen LogP contribution in [0.15, 0.2) is 0 Å². The summed E-state index contributed by atoms with van der Waals surface area (Å²) in [6.45, 7) is 6.27. The molecule has 0 bridgehead atoms. The average Bonchev–Trinajstić information content (AvgIpc) is 2.92. The van der Waals surface area contributed by atoms with Gasteiger partial charge in [0.15, 0.2) is 0 Å². The fourth-order valence-corrected chi connectivity index (χ4v) is 5.82. The molecule has 0 aliphatic carbocycles. The molecule has 0 aromatic heterocycles. The van der Waals surface area contributed by atoms with Crippen LogP contribution < -0.4 is 0 Å². The first-order chi connectivity index (χ1) is 18.8. The van der Waals surface area contributed by atoms with E-state index in [4.69, 9.17) is 9.84 Å². The van der Waals surface area contributed by atoms with Crippen molar-refractivity contribution in [3.63, 3.8) is 0 Å². The van der Waals surface area contributed by atoms with Crippen LogP contribution in [-0.4, -0.2) is 24.9 Å². The van der Waals surface area contributed by atoms with Crippen molar-refractivity contribution < 1.29 is 9.84 Å². The molecular formula is C36H74O2. The lowest BCUT2D eigenvalue weighted by molar-refractivity contribution is 0.0895. The summed E-state index contributed by atoms with van der Waals surface area (Å²) >= 11 is 0. The van der Waals surface area contributed by atoms with Crippen molar-refractivity contribution >= 4 is 0 Å². The van der Waals surface area contributed by atoms with Crippen LogP contribution in [0.1, 0.15) is 206 Å².